The van der Waals surface area contributed by atoms with Gasteiger partial charge in [0.25, 0.3) is 0 Å². The smallest absolute Gasteiger partial charge is 0.295 e. The maximum absolute atomic E-state index is 12.7. The quantitative estimate of drug-likeness (QED) is 0.789. The van der Waals surface area contributed by atoms with Crippen molar-refractivity contribution in [1.29, 1.82) is 0 Å². The number of nitrogens with one attached hydrogen (secondary N) is 1. The minimum Gasteiger partial charge on any atom is -0.295 e. The Hall–Kier alpha value is -1.37. The Bertz CT molecular complexity index is 680. The van der Waals surface area contributed by atoms with Crippen LogP contribution in [0, 0.1) is 4.64 Å². The maximum Gasteiger partial charge on any atom is 0.433 e. The number of aromatic amines is 1. The molecule has 0 bridgehead atoms. The van der Waals surface area contributed by atoms with E-state index in [0.717, 1.165) is 37.4 Å². The Balaban J connectivity index is 2.06. The predicted octanol–water partition coefficient (Wildman–Crippen LogP) is 4.46. The van der Waals surface area contributed by atoms with Gasteiger partial charge in [-0.1, -0.05) is 31.5 Å². The Labute approximate surface area is 118 Å². The van der Waals surface area contributed by atoms with E-state index in [1.54, 1.807) is 6.07 Å². The van der Waals surface area contributed by atoms with Gasteiger partial charge in [-0.05, 0) is 12.8 Å². The summed E-state index contributed by atoms with van der Waals surface area (Å²) in [7, 11) is 0. The topological polar surface area (TPSA) is 33.1 Å². The first-order valence-corrected chi connectivity index (χ1v) is 7.06. The number of rotatable bonds is 1. The summed E-state index contributed by atoms with van der Waals surface area (Å²) in [5, 5.41) is 3.09. The molecule has 0 saturated heterocycles. The lowest BCUT2D eigenvalue weighted by molar-refractivity contribution is -0.141. The van der Waals surface area contributed by atoms with E-state index < -0.39 is 11.9 Å². The van der Waals surface area contributed by atoms with Crippen molar-refractivity contribution < 1.29 is 13.2 Å². The lowest BCUT2D eigenvalue weighted by Gasteiger charge is -2.19. The summed E-state index contributed by atoms with van der Waals surface area (Å²) in [5.41, 5.74) is 0.240. The van der Waals surface area contributed by atoms with E-state index in [-0.39, 0.29) is 10.3 Å². The highest BCUT2D eigenvalue weighted by Gasteiger charge is 2.33. The van der Waals surface area contributed by atoms with Crippen LogP contribution >= 0.6 is 12.2 Å². The van der Waals surface area contributed by atoms with E-state index in [9.17, 15) is 13.2 Å². The molecule has 3 nitrogen and oxygen atoms in total. The van der Waals surface area contributed by atoms with Gasteiger partial charge >= 0.3 is 6.18 Å². The third kappa shape index (κ3) is 2.46. The zero-order valence-electron chi connectivity index (χ0n) is 10.7. The van der Waals surface area contributed by atoms with Crippen LogP contribution in [0.3, 0.4) is 0 Å². The van der Waals surface area contributed by atoms with Crippen LogP contribution in [-0.2, 0) is 6.18 Å². The first kappa shape index (κ1) is 13.6. The lowest BCUT2D eigenvalue weighted by atomic mass is 9.87. The molecule has 0 radical (unpaired) electrons. The van der Waals surface area contributed by atoms with Crippen molar-refractivity contribution in [2.75, 3.05) is 0 Å². The molecule has 0 aromatic carbocycles. The van der Waals surface area contributed by atoms with Gasteiger partial charge in [-0.2, -0.15) is 13.2 Å². The fourth-order valence-corrected chi connectivity index (χ4v) is 3.03. The molecule has 1 N–H and O–H groups in total. The number of nitrogens with zero attached hydrogens (tertiary/aromatic N) is 2. The van der Waals surface area contributed by atoms with Gasteiger partial charge in [-0.25, -0.2) is 9.50 Å². The molecule has 20 heavy (non-hydrogen) atoms. The van der Waals surface area contributed by atoms with Crippen LogP contribution in [0.4, 0.5) is 13.2 Å². The molecule has 0 atom stereocenters. The van der Waals surface area contributed by atoms with Gasteiger partial charge in [0.1, 0.15) is 10.3 Å². The SMILES string of the molecule is FC(F)(F)c1cc(=S)n2[nH]c(C3CCCCC3)cc2n1. The van der Waals surface area contributed by atoms with Gasteiger partial charge in [0.15, 0.2) is 5.65 Å². The molecule has 1 aliphatic rings. The molecule has 2 aromatic rings. The summed E-state index contributed by atoms with van der Waals surface area (Å²) in [5.74, 6) is 0.370. The molecule has 2 heterocycles. The summed E-state index contributed by atoms with van der Waals surface area (Å²) in [6.07, 6.45) is 1.20. The van der Waals surface area contributed by atoms with Crippen LogP contribution in [0.2, 0.25) is 0 Å². The minimum absolute atomic E-state index is 0.101. The number of alkyl halides is 3. The predicted molar refractivity (Wildman–Crippen MR) is 71.2 cm³/mol. The van der Waals surface area contributed by atoms with Crippen LogP contribution in [0.25, 0.3) is 5.65 Å². The molecular formula is C13H14F3N3S. The molecule has 1 aliphatic carbocycles. The van der Waals surface area contributed by atoms with Crippen LogP contribution in [0.15, 0.2) is 12.1 Å². The molecule has 108 valence electrons. The number of hydrogen-bond acceptors (Lipinski definition) is 2. The number of aromatic nitrogens is 3. The largest absolute Gasteiger partial charge is 0.433 e. The summed E-state index contributed by atoms with van der Waals surface area (Å²) < 4.78 is 39.7. The monoisotopic (exact) mass is 301 g/mol. The zero-order valence-corrected chi connectivity index (χ0v) is 11.5. The maximum atomic E-state index is 12.7. The Kier molecular flexibility index (Phi) is 3.32. The summed E-state index contributed by atoms with van der Waals surface area (Å²) >= 11 is 5.02. The second kappa shape index (κ2) is 4.87. The first-order valence-electron chi connectivity index (χ1n) is 6.65. The fourth-order valence-electron chi connectivity index (χ4n) is 2.78. The van der Waals surface area contributed by atoms with Crippen molar-refractivity contribution in [2.24, 2.45) is 0 Å². The van der Waals surface area contributed by atoms with Crippen molar-refractivity contribution in [3.05, 3.63) is 28.2 Å². The molecule has 0 spiro atoms. The average molecular weight is 301 g/mol. The number of halogens is 3. The van der Waals surface area contributed by atoms with E-state index >= 15 is 0 Å². The first-order chi connectivity index (χ1) is 9.45. The second-order valence-electron chi connectivity index (χ2n) is 5.22. The molecule has 2 aromatic heterocycles. The van der Waals surface area contributed by atoms with Gasteiger partial charge in [0.2, 0.25) is 0 Å². The fraction of sp³-hybridized carbons (Fsp3) is 0.538. The normalized spacial score (nSPS) is 17.8. The molecule has 0 unspecified atom stereocenters. The van der Waals surface area contributed by atoms with Crippen LogP contribution in [0.1, 0.15) is 49.4 Å². The van der Waals surface area contributed by atoms with E-state index in [1.807, 2.05) is 0 Å². The van der Waals surface area contributed by atoms with Crippen molar-refractivity contribution in [2.45, 2.75) is 44.2 Å². The molecule has 7 heteroatoms. The van der Waals surface area contributed by atoms with E-state index in [2.05, 4.69) is 10.1 Å². The summed E-state index contributed by atoms with van der Waals surface area (Å²) in [6.45, 7) is 0. The summed E-state index contributed by atoms with van der Waals surface area (Å²) in [4.78, 5) is 3.66. The van der Waals surface area contributed by atoms with Gasteiger partial charge in [0, 0.05) is 23.7 Å². The molecular weight excluding hydrogens is 287 g/mol. The highest BCUT2D eigenvalue weighted by molar-refractivity contribution is 7.71. The molecule has 1 saturated carbocycles. The van der Waals surface area contributed by atoms with E-state index in [1.165, 1.54) is 10.9 Å². The highest BCUT2D eigenvalue weighted by atomic mass is 32.1. The molecule has 3 rings (SSSR count). The van der Waals surface area contributed by atoms with Gasteiger partial charge in [0.05, 0.1) is 0 Å². The second-order valence-corrected chi connectivity index (χ2v) is 5.64. The van der Waals surface area contributed by atoms with Crippen molar-refractivity contribution >= 4 is 17.9 Å². The average Bonchev–Trinajstić information content (AvgIpc) is 2.83. The highest BCUT2D eigenvalue weighted by Crippen LogP contribution is 2.33. The zero-order chi connectivity index (χ0) is 14.3. The van der Waals surface area contributed by atoms with Gasteiger partial charge < -0.3 is 0 Å². The standard InChI is InChI=1S/C13H14F3N3S/c14-13(15,16)10-7-12(20)19-11(17-10)6-9(18-19)8-4-2-1-3-5-8/h6-8,18H,1-5H2. The lowest BCUT2D eigenvalue weighted by Crippen LogP contribution is -2.09. The number of hydrogen-bond donors (Lipinski definition) is 1. The van der Waals surface area contributed by atoms with Gasteiger partial charge in [-0.15, -0.1) is 0 Å². The van der Waals surface area contributed by atoms with E-state index in [0.29, 0.717) is 5.92 Å². The number of fused-ring (bicyclic) bond motifs is 1. The minimum atomic E-state index is -4.47. The third-order valence-electron chi connectivity index (χ3n) is 3.81. The summed E-state index contributed by atoms with van der Waals surface area (Å²) in [6, 6.07) is 2.59. The van der Waals surface area contributed by atoms with Crippen LogP contribution in [-0.4, -0.2) is 14.6 Å². The van der Waals surface area contributed by atoms with Crippen LogP contribution in [0.5, 0.6) is 0 Å². The third-order valence-corrected chi connectivity index (χ3v) is 4.11. The van der Waals surface area contributed by atoms with Crippen molar-refractivity contribution in [1.82, 2.24) is 14.6 Å². The Morgan fingerprint density at radius 1 is 1.20 bits per heavy atom. The van der Waals surface area contributed by atoms with Crippen molar-refractivity contribution in [3.8, 4) is 0 Å². The molecule has 1 fully saturated rings. The Morgan fingerprint density at radius 3 is 2.55 bits per heavy atom. The molecule has 0 amide bonds. The van der Waals surface area contributed by atoms with E-state index in [4.69, 9.17) is 12.2 Å². The molecule has 0 aliphatic heterocycles. The van der Waals surface area contributed by atoms with Crippen LogP contribution < -0.4 is 0 Å². The van der Waals surface area contributed by atoms with Crippen molar-refractivity contribution in [3.63, 3.8) is 0 Å². The Morgan fingerprint density at radius 2 is 1.90 bits per heavy atom. The number of H-pyrrole nitrogens is 1. The van der Waals surface area contributed by atoms with Gasteiger partial charge in [-0.3, -0.25) is 5.10 Å².